The van der Waals surface area contributed by atoms with Crippen LogP contribution in [0.25, 0.3) is 0 Å². The van der Waals surface area contributed by atoms with Crippen LogP contribution in [0.15, 0.2) is 0 Å². The summed E-state index contributed by atoms with van der Waals surface area (Å²) in [6.45, 7) is 0. The first kappa shape index (κ1) is 11.7. The molecule has 0 bridgehead atoms. The minimum atomic E-state index is -4.15. The van der Waals surface area contributed by atoms with Crippen molar-refractivity contribution in [2.75, 3.05) is 12.0 Å². The monoisotopic (exact) mass is 213 g/mol. The average Bonchev–Trinajstić information content (AvgIpc) is 1.95. The van der Waals surface area contributed by atoms with E-state index in [-0.39, 0.29) is 12.8 Å². The Balaban J connectivity index is 4.14. The third kappa shape index (κ3) is 4.58. The van der Waals surface area contributed by atoms with Gasteiger partial charge in [-0.1, -0.05) is 0 Å². The van der Waals surface area contributed by atoms with Gasteiger partial charge < -0.3 is 5.32 Å². The van der Waals surface area contributed by atoms with Gasteiger partial charge in [0.05, 0.1) is 0 Å². The highest BCUT2D eigenvalue weighted by molar-refractivity contribution is 7.98. The minimum absolute atomic E-state index is 0.207. The predicted molar refractivity (Wildman–Crippen MR) is 47.5 cm³/mol. The Labute approximate surface area is 75.7 Å². The molecule has 5 nitrogen and oxygen atoms in total. The molecule has 0 rings (SSSR count). The van der Waals surface area contributed by atoms with Crippen molar-refractivity contribution in [1.29, 1.82) is 0 Å². The second-order valence-electron chi connectivity index (χ2n) is 2.07. The molecule has 0 aromatic rings. The van der Waals surface area contributed by atoms with Gasteiger partial charge in [-0.3, -0.25) is 9.35 Å². The molecule has 0 spiro atoms. The van der Waals surface area contributed by atoms with Crippen LogP contribution in [0.5, 0.6) is 0 Å². The molecule has 1 amide bonds. The predicted octanol–water partition coefficient (Wildman–Crippen LogP) is -0.301. The van der Waals surface area contributed by atoms with Gasteiger partial charge in [-0.2, -0.15) is 20.2 Å². The number of hydrogen-bond acceptors (Lipinski definition) is 4. The highest BCUT2D eigenvalue weighted by Gasteiger charge is 2.20. The summed E-state index contributed by atoms with van der Waals surface area (Å²) < 4.78 is 29.7. The lowest BCUT2D eigenvalue weighted by molar-refractivity contribution is -0.109. The smallest absolute Gasteiger partial charge is 0.286 e. The number of carbonyl (C=O) groups is 1. The number of amides is 1. The molecule has 0 radical (unpaired) electrons. The van der Waals surface area contributed by atoms with Crippen LogP contribution in [-0.2, 0) is 14.9 Å². The van der Waals surface area contributed by atoms with Crippen LogP contribution in [0.2, 0.25) is 0 Å². The van der Waals surface area contributed by atoms with Crippen molar-refractivity contribution >= 4 is 28.3 Å². The number of nitrogens with one attached hydrogen (secondary N) is 1. The molecule has 0 aliphatic carbocycles. The Morgan fingerprint density at radius 2 is 2.25 bits per heavy atom. The summed E-state index contributed by atoms with van der Waals surface area (Å²) in [7, 11) is -4.15. The van der Waals surface area contributed by atoms with Crippen LogP contribution in [0, 0.1) is 0 Å². The maximum Gasteiger partial charge on any atom is 0.286 e. The largest absolute Gasteiger partial charge is 0.340 e. The third-order valence-corrected chi connectivity index (χ3v) is 2.93. The fraction of sp³-hybridized carbons (Fsp3) is 0.800. The van der Waals surface area contributed by atoms with Crippen molar-refractivity contribution in [3.63, 3.8) is 0 Å². The molecular weight excluding hydrogens is 202 g/mol. The molecule has 0 aliphatic rings. The summed E-state index contributed by atoms with van der Waals surface area (Å²) in [4.78, 5) is 9.93. The first-order valence-electron chi connectivity index (χ1n) is 3.17. The molecule has 0 saturated heterocycles. The summed E-state index contributed by atoms with van der Waals surface area (Å²) in [5.41, 5.74) is 0. The topological polar surface area (TPSA) is 83.5 Å². The van der Waals surface area contributed by atoms with Crippen molar-refractivity contribution < 1.29 is 17.8 Å². The van der Waals surface area contributed by atoms with Crippen LogP contribution < -0.4 is 5.32 Å². The van der Waals surface area contributed by atoms with Gasteiger partial charge in [-0.25, -0.2) is 0 Å². The van der Waals surface area contributed by atoms with E-state index in [0.717, 1.165) is 0 Å². The molecule has 0 saturated carbocycles. The SMILES string of the molecule is CSCCC(NC=O)S(=O)(=O)O. The lowest BCUT2D eigenvalue weighted by Gasteiger charge is -2.10. The van der Waals surface area contributed by atoms with Crippen molar-refractivity contribution in [2.24, 2.45) is 0 Å². The van der Waals surface area contributed by atoms with Gasteiger partial charge in [-0.05, 0) is 18.4 Å². The van der Waals surface area contributed by atoms with Crippen molar-refractivity contribution in [2.45, 2.75) is 11.8 Å². The van der Waals surface area contributed by atoms with Crippen LogP contribution in [-0.4, -0.2) is 36.8 Å². The first-order valence-corrected chi connectivity index (χ1v) is 6.07. The van der Waals surface area contributed by atoms with E-state index >= 15 is 0 Å². The van der Waals surface area contributed by atoms with Crippen LogP contribution >= 0.6 is 11.8 Å². The summed E-state index contributed by atoms with van der Waals surface area (Å²) in [6.07, 6.45) is 2.28. The molecule has 2 N–H and O–H groups in total. The zero-order chi connectivity index (χ0) is 9.61. The van der Waals surface area contributed by atoms with E-state index in [2.05, 4.69) is 0 Å². The summed E-state index contributed by atoms with van der Waals surface area (Å²) >= 11 is 1.44. The summed E-state index contributed by atoms with van der Waals surface area (Å²) in [5.74, 6) is 0.561. The maximum atomic E-state index is 10.6. The average molecular weight is 213 g/mol. The second kappa shape index (κ2) is 5.39. The van der Waals surface area contributed by atoms with Gasteiger partial charge >= 0.3 is 0 Å². The molecule has 1 atom stereocenters. The van der Waals surface area contributed by atoms with Crippen LogP contribution in [0.1, 0.15) is 6.42 Å². The van der Waals surface area contributed by atoms with Crippen molar-refractivity contribution in [3.05, 3.63) is 0 Å². The second-order valence-corrected chi connectivity index (χ2v) is 4.65. The molecule has 0 fully saturated rings. The number of rotatable bonds is 6. The summed E-state index contributed by atoms with van der Waals surface area (Å²) in [5, 5.41) is 0.847. The standard InChI is InChI=1S/C5H11NO4S2/c1-11-3-2-5(6-4-7)12(8,9)10/h4-5H,2-3H2,1H3,(H,6,7)(H,8,9,10). The van der Waals surface area contributed by atoms with Crippen molar-refractivity contribution in [1.82, 2.24) is 5.32 Å². The summed E-state index contributed by atoms with van der Waals surface area (Å²) in [6, 6.07) is 0. The van der Waals surface area contributed by atoms with E-state index in [4.69, 9.17) is 4.55 Å². The zero-order valence-electron chi connectivity index (χ0n) is 6.56. The Morgan fingerprint density at radius 3 is 2.58 bits per heavy atom. The van der Waals surface area contributed by atoms with E-state index in [1.54, 1.807) is 0 Å². The van der Waals surface area contributed by atoms with Crippen LogP contribution in [0.4, 0.5) is 0 Å². The molecule has 7 heteroatoms. The Morgan fingerprint density at radius 1 is 1.67 bits per heavy atom. The Bertz CT molecular complexity index is 226. The maximum absolute atomic E-state index is 10.6. The lowest BCUT2D eigenvalue weighted by atomic mass is 10.5. The zero-order valence-corrected chi connectivity index (χ0v) is 8.19. The van der Waals surface area contributed by atoms with E-state index in [0.29, 0.717) is 5.75 Å². The fourth-order valence-corrected chi connectivity index (χ4v) is 1.88. The highest BCUT2D eigenvalue weighted by atomic mass is 32.2. The van der Waals surface area contributed by atoms with Gasteiger partial charge in [-0.15, -0.1) is 0 Å². The number of carbonyl (C=O) groups excluding carboxylic acids is 1. The Hall–Kier alpha value is -0.270. The highest BCUT2D eigenvalue weighted by Crippen LogP contribution is 2.04. The fourth-order valence-electron chi connectivity index (χ4n) is 0.619. The molecule has 1 unspecified atom stereocenters. The van der Waals surface area contributed by atoms with E-state index in [1.165, 1.54) is 11.8 Å². The van der Waals surface area contributed by atoms with E-state index in [9.17, 15) is 13.2 Å². The minimum Gasteiger partial charge on any atom is -0.340 e. The molecule has 12 heavy (non-hydrogen) atoms. The Kier molecular flexibility index (Phi) is 5.27. The van der Waals surface area contributed by atoms with Gasteiger partial charge in [0.25, 0.3) is 10.1 Å². The van der Waals surface area contributed by atoms with Gasteiger partial charge in [0.2, 0.25) is 6.41 Å². The quantitative estimate of drug-likeness (QED) is 0.467. The van der Waals surface area contributed by atoms with Crippen LogP contribution in [0.3, 0.4) is 0 Å². The number of thioether (sulfide) groups is 1. The van der Waals surface area contributed by atoms with E-state index < -0.39 is 15.5 Å². The van der Waals surface area contributed by atoms with Gasteiger partial charge in [0, 0.05) is 0 Å². The third-order valence-electron chi connectivity index (χ3n) is 1.20. The molecule has 72 valence electrons. The van der Waals surface area contributed by atoms with Crippen molar-refractivity contribution in [3.8, 4) is 0 Å². The molecule has 0 aliphatic heterocycles. The first-order chi connectivity index (χ1) is 5.52. The number of hydrogen-bond donors (Lipinski definition) is 2. The molecule has 0 heterocycles. The lowest BCUT2D eigenvalue weighted by Crippen LogP contribution is -2.35. The van der Waals surface area contributed by atoms with Gasteiger partial charge in [0.1, 0.15) is 0 Å². The molecule has 0 aromatic carbocycles. The van der Waals surface area contributed by atoms with E-state index in [1.807, 2.05) is 11.6 Å². The molecular formula is C5H11NO4S2. The normalized spacial score (nSPS) is 13.8. The van der Waals surface area contributed by atoms with Gasteiger partial charge in [0.15, 0.2) is 5.37 Å². The molecule has 0 aromatic heterocycles.